The van der Waals surface area contributed by atoms with E-state index < -0.39 is 38.7 Å². The number of benzene rings is 3. The van der Waals surface area contributed by atoms with Crippen LogP contribution >= 0.6 is 11.6 Å². The second kappa shape index (κ2) is 9.29. The van der Waals surface area contributed by atoms with Gasteiger partial charge < -0.3 is 10.6 Å². The lowest BCUT2D eigenvalue weighted by Gasteiger charge is -2.15. The molecule has 0 aromatic heterocycles. The molecule has 3 N–H and O–H groups in total. The molecule has 0 unspecified atom stereocenters. The van der Waals surface area contributed by atoms with Gasteiger partial charge in [-0.25, -0.2) is 9.29 Å². The monoisotopic (exact) mass is 515 g/mol. The zero-order chi connectivity index (χ0) is 25.3. The third-order valence-electron chi connectivity index (χ3n) is 4.93. The van der Waals surface area contributed by atoms with Crippen molar-refractivity contribution >= 4 is 56.5 Å². The molecule has 9 nitrogen and oxygen atoms in total. The van der Waals surface area contributed by atoms with Gasteiger partial charge in [0.2, 0.25) is 0 Å². The average Bonchev–Trinajstić information content (AvgIpc) is 3.02. The van der Waals surface area contributed by atoms with Crippen LogP contribution in [-0.4, -0.2) is 30.7 Å². The number of amides is 3. The molecular weight excluding hydrogens is 501 g/mol. The predicted octanol–water partition coefficient (Wildman–Crippen LogP) is 3.76. The van der Waals surface area contributed by atoms with Crippen LogP contribution in [0.5, 0.6) is 0 Å². The number of carbonyl (C=O) groups is 3. The third-order valence-corrected chi connectivity index (χ3v) is 6.13. The van der Waals surface area contributed by atoms with E-state index in [4.69, 9.17) is 16.2 Å². The smallest absolute Gasteiger partial charge is 0.294 e. The summed E-state index contributed by atoms with van der Waals surface area (Å²) in [5.74, 6) is -3.06. The number of carbonyl (C=O) groups excluding carboxylic acids is 3. The van der Waals surface area contributed by atoms with Gasteiger partial charge in [0.1, 0.15) is 16.5 Å². The number of hydrogen-bond acceptors (Lipinski definition) is 6. The molecular formula is C23H15ClFN3O6S. The Morgan fingerprint density at radius 3 is 2.26 bits per heavy atom. The van der Waals surface area contributed by atoms with Gasteiger partial charge in [0.25, 0.3) is 27.8 Å². The van der Waals surface area contributed by atoms with Crippen molar-refractivity contribution in [2.24, 2.45) is 0 Å². The molecule has 3 aromatic carbocycles. The van der Waals surface area contributed by atoms with E-state index in [1.54, 1.807) is 0 Å². The molecule has 1 heterocycles. The molecule has 0 atom stereocenters. The highest BCUT2D eigenvalue weighted by Gasteiger charge is 2.40. The number of anilines is 3. The lowest BCUT2D eigenvalue weighted by Crippen LogP contribution is -2.33. The lowest BCUT2D eigenvalue weighted by molar-refractivity contribution is -0.120. The summed E-state index contributed by atoms with van der Waals surface area (Å²) >= 11 is 6.05. The van der Waals surface area contributed by atoms with Gasteiger partial charge >= 0.3 is 0 Å². The first-order valence-electron chi connectivity index (χ1n) is 9.85. The van der Waals surface area contributed by atoms with Crippen LogP contribution in [0.2, 0.25) is 0 Å². The fraction of sp³-hybridized carbons (Fsp3) is 0. The van der Waals surface area contributed by atoms with Crippen molar-refractivity contribution in [2.75, 3.05) is 15.5 Å². The molecule has 0 spiro atoms. The maximum atomic E-state index is 14.1. The van der Waals surface area contributed by atoms with Gasteiger partial charge in [-0.1, -0.05) is 29.8 Å². The highest BCUT2D eigenvalue weighted by atomic mass is 35.5. The molecule has 0 bridgehead atoms. The van der Waals surface area contributed by atoms with E-state index in [0.29, 0.717) is 10.6 Å². The molecule has 3 amide bonds. The van der Waals surface area contributed by atoms with Crippen molar-refractivity contribution in [1.82, 2.24) is 0 Å². The normalized spacial score (nSPS) is 13.9. The summed E-state index contributed by atoms with van der Waals surface area (Å²) in [6.07, 6.45) is 0. The molecule has 0 saturated carbocycles. The first-order chi connectivity index (χ1) is 16.6. The Balaban J connectivity index is 1.49. The van der Waals surface area contributed by atoms with Crippen molar-refractivity contribution in [3.8, 4) is 0 Å². The highest BCUT2D eigenvalue weighted by molar-refractivity contribution is 7.85. The minimum Gasteiger partial charge on any atom is -0.350 e. The van der Waals surface area contributed by atoms with Gasteiger partial charge in [-0.2, -0.15) is 8.42 Å². The third kappa shape index (κ3) is 4.92. The number of para-hydroxylation sites is 1. The Morgan fingerprint density at radius 2 is 1.60 bits per heavy atom. The Hall–Kier alpha value is -4.06. The van der Waals surface area contributed by atoms with Crippen LogP contribution < -0.4 is 15.5 Å². The quantitative estimate of drug-likeness (QED) is 0.336. The van der Waals surface area contributed by atoms with E-state index in [1.807, 2.05) is 0 Å². The molecule has 4 rings (SSSR count). The fourth-order valence-electron chi connectivity index (χ4n) is 3.25. The van der Waals surface area contributed by atoms with E-state index in [9.17, 15) is 27.2 Å². The molecule has 0 aliphatic carbocycles. The number of nitrogens with one attached hydrogen (secondary N) is 2. The van der Waals surface area contributed by atoms with Gasteiger partial charge in [-0.3, -0.25) is 18.9 Å². The van der Waals surface area contributed by atoms with E-state index in [0.717, 1.165) is 12.1 Å². The van der Waals surface area contributed by atoms with Gasteiger partial charge in [-0.15, -0.1) is 0 Å². The topological polar surface area (TPSA) is 133 Å². The summed E-state index contributed by atoms with van der Waals surface area (Å²) in [4.78, 5) is 38.0. The molecule has 1 aliphatic rings. The van der Waals surface area contributed by atoms with Crippen LogP contribution in [0.1, 0.15) is 10.4 Å². The largest absolute Gasteiger partial charge is 0.350 e. The number of hydrogen-bond donors (Lipinski definition) is 3. The standard InChI is InChI=1S/C23H15ClFN3O6S/c24-19-20(23(31)28(22(19)30)18-7-2-1-6-17(18)25)26-14-10-8-13(9-11-14)21(29)27-15-4-3-5-16(12-15)35(32,33)34/h1-12,26H,(H,27,29)(H,32,33,34). The van der Waals surface area contributed by atoms with E-state index in [2.05, 4.69) is 10.6 Å². The van der Waals surface area contributed by atoms with Crippen molar-refractivity contribution in [3.05, 3.63) is 94.9 Å². The van der Waals surface area contributed by atoms with Gasteiger partial charge in [0.15, 0.2) is 0 Å². The Morgan fingerprint density at radius 1 is 0.914 bits per heavy atom. The maximum absolute atomic E-state index is 14.1. The zero-order valence-electron chi connectivity index (χ0n) is 17.5. The molecule has 0 fully saturated rings. The maximum Gasteiger partial charge on any atom is 0.294 e. The summed E-state index contributed by atoms with van der Waals surface area (Å²) < 4.78 is 45.8. The molecule has 0 radical (unpaired) electrons. The summed E-state index contributed by atoms with van der Waals surface area (Å²) in [6.45, 7) is 0. The van der Waals surface area contributed by atoms with Crippen molar-refractivity contribution in [3.63, 3.8) is 0 Å². The predicted molar refractivity (Wildman–Crippen MR) is 126 cm³/mol. The molecule has 35 heavy (non-hydrogen) atoms. The van der Waals surface area contributed by atoms with E-state index >= 15 is 0 Å². The van der Waals surface area contributed by atoms with Gasteiger partial charge in [0, 0.05) is 16.9 Å². The SMILES string of the molecule is O=C(Nc1cccc(S(=O)(=O)O)c1)c1ccc(NC2=C(Cl)C(=O)N(c3ccccc3F)C2=O)cc1. The molecule has 3 aromatic rings. The summed E-state index contributed by atoms with van der Waals surface area (Å²) in [7, 11) is -4.43. The first-order valence-corrected chi connectivity index (χ1v) is 11.7. The minimum absolute atomic E-state index is 0.146. The number of rotatable bonds is 6. The minimum atomic E-state index is -4.43. The lowest BCUT2D eigenvalue weighted by atomic mass is 10.2. The average molecular weight is 516 g/mol. The van der Waals surface area contributed by atoms with Crippen LogP contribution in [-0.2, 0) is 19.7 Å². The van der Waals surface area contributed by atoms with Crippen LogP contribution in [0.4, 0.5) is 21.5 Å². The first kappa shape index (κ1) is 24.1. The van der Waals surface area contributed by atoms with E-state index in [-0.39, 0.29) is 27.5 Å². The second-order valence-electron chi connectivity index (χ2n) is 7.25. The zero-order valence-corrected chi connectivity index (χ0v) is 19.1. The van der Waals surface area contributed by atoms with Crippen LogP contribution in [0.15, 0.2) is 88.4 Å². The molecule has 12 heteroatoms. The van der Waals surface area contributed by atoms with Crippen molar-refractivity contribution in [1.29, 1.82) is 0 Å². The second-order valence-corrected chi connectivity index (χ2v) is 9.04. The highest BCUT2D eigenvalue weighted by Crippen LogP contribution is 2.31. The van der Waals surface area contributed by atoms with Crippen LogP contribution in [0.25, 0.3) is 0 Å². The number of nitrogens with zero attached hydrogens (tertiary/aromatic N) is 1. The van der Waals surface area contributed by atoms with Gasteiger partial charge in [0.05, 0.1) is 10.6 Å². The fourth-order valence-corrected chi connectivity index (χ4v) is 3.99. The Kier molecular flexibility index (Phi) is 6.39. The Labute approximate surface area is 203 Å². The van der Waals surface area contributed by atoms with Crippen molar-refractivity contribution in [2.45, 2.75) is 4.90 Å². The molecule has 178 valence electrons. The number of halogens is 2. The summed E-state index contributed by atoms with van der Waals surface area (Å²) in [5.41, 5.74) is 0.170. The van der Waals surface area contributed by atoms with E-state index in [1.165, 1.54) is 60.7 Å². The summed E-state index contributed by atoms with van der Waals surface area (Å²) in [6, 6.07) is 16.1. The van der Waals surface area contributed by atoms with Crippen molar-refractivity contribution < 1.29 is 31.7 Å². The Bertz CT molecular complexity index is 1510. The van der Waals surface area contributed by atoms with Gasteiger partial charge in [-0.05, 0) is 54.6 Å². The van der Waals surface area contributed by atoms with Crippen LogP contribution in [0.3, 0.4) is 0 Å². The van der Waals surface area contributed by atoms with Crippen LogP contribution in [0, 0.1) is 5.82 Å². The molecule has 1 aliphatic heterocycles. The summed E-state index contributed by atoms with van der Waals surface area (Å²) in [5, 5.41) is 4.81. The number of imide groups is 1. The molecule has 0 saturated heterocycles.